The van der Waals surface area contributed by atoms with Gasteiger partial charge in [-0.3, -0.25) is 0 Å². The zero-order valence-electron chi connectivity index (χ0n) is 10.1. The van der Waals surface area contributed by atoms with E-state index in [0.717, 1.165) is 48.4 Å². The smallest absolute Gasteiger partial charge is 0.339 e. The van der Waals surface area contributed by atoms with Crippen LogP contribution >= 0.6 is 11.8 Å². The molecule has 96 valence electrons. The van der Waals surface area contributed by atoms with Crippen LogP contribution in [0.25, 0.3) is 0 Å². The maximum absolute atomic E-state index is 11.3. The van der Waals surface area contributed by atoms with E-state index in [4.69, 9.17) is 0 Å². The number of aromatic nitrogens is 1. The fourth-order valence-electron chi connectivity index (χ4n) is 2.59. The summed E-state index contributed by atoms with van der Waals surface area (Å²) >= 11 is 1.90. The van der Waals surface area contributed by atoms with E-state index >= 15 is 0 Å². The molecule has 0 bridgehead atoms. The minimum absolute atomic E-state index is 0.326. The van der Waals surface area contributed by atoms with Gasteiger partial charge in [-0.05, 0) is 43.1 Å². The van der Waals surface area contributed by atoms with Crippen molar-refractivity contribution in [1.29, 1.82) is 0 Å². The molecule has 1 atom stereocenters. The van der Waals surface area contributed by atoms with Crippen molar-refractivity contribution in [1.82, 2.24) is 4.98 Å². The number of carbonyl (C=O) groups is 1. The van der Waals surface area contributed by atoms with E-state index in [9.17, 15) is 9.90 Å². The number of rotatable bonds is 3. The molecule has 5 heteroatoms. The lowest BCUT2D eigenvalue weighted by Gasteiger charge is -2.15. The number of hydrogen-bond acceptors (Lipinski definition) is 4. The number of aryl methyl sites for hydroxylation is 2. The van der Waals surface area contributed by atoms with E-state index in [1.54, 1.807) is 0 Å². The first kappa shape index (κ1) is 11.8. The van der Waals surface area contributed by atoms with Crippen LogP contribution in [0.5, 0.6) is 0 Å². The lowest BCUT2D eigenvalue weighted by molar-refractivity contribution is 0.0697. The largest absolute Gasteiger partial charge is 0.478 e. The summed E-state index contributed by atoms with van der Waals surface area (Å²) < 4.78 is 0. The van der Waals surface area contributed by atoms with Gasteiger partial charge in [-0.2, -0.15) is 11.8 Å². The summed E-state index contributed by atoms with van der Waals surface area (Å²) in [5.74, 6) is 1.86. The zero-order chi connectivity index (χ0) is 12.5. The minimum atomic E-state index is -0.884. The summed E-state index contributed by atoms with van der Waals surface area (Å²) in [6.07, 6.45) is 4.11. The van der Waals surface area contributed by atoms with Crippen molar-refractivity contribution in [2.75, 3.05) is 16.8 Å². The molecule has 1 aliphatic carbocycles. The van der Waals surface area contributed by atoms with Crippen molar-refractivity contribution >= 4 is 23.5 Å². The SMILES string of the molecule is O=C(O)c1cc2c(nc1NC1CCSC1)CCC2. The Balaban J connectivity index is 1.92. The van der Waals surface area contributed by atoms with Crippen molar-refractivity contribution in [2.24, 2.45) is 0 Å². The van der Waals surface area contributed by atoms with Crippen molar-refractivity contribution in [3.05, 3.63) is 22.9 Å². The normalized spacial score (nSPS) is 21.9. The van der Waals surface area contributed by atoms with Crippen LogP contribution in [0.2, 0.25) is 0 Å². The third-order valence-electron chi connectivity index (χ3n) is 3.55. The second kappa shape index (κ2) is 4.80. The summed E-state index contributed by atoms with van der Waals surface area (Å²) in [6, 6.07) is 2.17. The molecule has 0 amide bonds. The molecule has 2 heterocycles. The fraction of sp³-hybridized carbons (Fsp3) is 0.538. The van der Waals surface area contributed by atoms with Gasteiger partial charge in [0.05, 0.1) is 0 Å². The highest BCUT2D eigenvalue weighted by molar-refractivity contribution is 7.99. The van der Waals surface area contributed by atoms with Gasteiger partial charge in [-0.15, -0.1) is 0 Å². The van der Waals surface area contributed by atoms with Gasteiger partial charge >= 0.3 is 5.97 Å². The van der Waals surface area contributed by atoms with Gasteiger partial charge < -0.3 is 10.4 Å². The average molecular weight is 264 g/mol. The van der Waals surface area contributed by atoms with Crippen LogP contribution in [-0.4, -0.2) is 33.6 Å². The van der Waals surface area contributed by atoms with Crippen LogP contribution in [-0.2, 0) is 12.8 Å². The maximum atomic E-state index is 11.3. The molecule has 0 saturated carbocycles. The highest BCUT2D eigenvalue weighted by Crippen LogP contribution is 2.27. The zero-order valence-corrected chi connectivity index (χ0v) is 10.9. The van der Waals surface area contributed by atoms with Crippen LogP contribution < -0.4 is 5.32 Å². The summed E-state index contributed by atoms with van der Waals surface area (Å²) in [6.45, 7) is 0. The standard InChI is InChI=1S/C13H16N2O2S/c16-13(17)10-6-8-2-1-3-11(8)15-12(10)14-9-4-5-18-7-9/h6,9H,1-5,7H2,(H,14,15)(H,16,17). The Morgan fingerprint density at radius 2 is 2.39 bits per heavy atom. The van der Waals surface area contributed by atoms with Crippen molar-refractivity contribution < 1.29 is 9.90 Å². The molecule has 0 radical (unpaired) electrons. The minimum Gasteiger partial charge on any atom is -0.478 e. The fourth-order valence-corrected chi connectivity index (χ4v) is 3.74. The Bertz CT molecular complexity index is 484. The van der Waals surface area contributed by atoms with Crippen LogP contribution in [0.1, 0.15) is 34.5 Å². The van der Waals surface area contributed by atoms with E-state index in [0.29, 0.717) is 17.4 Å². The summed E-state index contributed by atoms with van der Waals surface area (Å²) in [5, 5.41) is 12.6. The number of nitrogens with one attached hydrogen (secondary N) is 1. The van der Waals surface area contributed by atoms with E-state index < -0.39 is 5.97 Å². The third kappa shape index (κ3) is 2.19. The van der Waals surface area contributed by atoms with Gasteiger partial charge in [0.1, 0.15) is 11.4 Å². The number of carboxylic acid groups (broad SMARTS) is 1. The lowest BCUT2D eigenvalue weighted by atomic mass is 10.1. The predicted molar refractivity (Wildman–Crippen MR) is 72.6 cm³/mol. The van der Waals surface area contributed by atoms with Gasteiger partial charge in [0.2, 0.25) is 0 Å². The molecular formula is C13H16N2O2S. The Hall–Kier alpha value is -1.23. The number of nitrogens with zero attached hydrogens (tertiary/aromatic N) is 1. The van der Waals surface area contributed by atoms with E-state index in [1.807, 2.05) is 17.8 Å². The predicted octanol–water partition coefficient (Wildman–Crippen LogP) is 2.19. The molecule has 2 N–H and O–H groups in total. The van der Waals surface area contributed by atoms with Crippen LogP contribution in [0, 0.1) is 0 Å². The number of pyridine rings is 1. The molecular weight excluding hydrogens is 248 g/mol. The molecule has 0 spiro atoms. The van der Waals surface area contributed by atoms with Crippen molar-refractivity contribution in [2.45, 2.75) is 31.7 Å². The molecule has 2 aliphatic rings. The number of hydrogen-bond donors (Lipinski definition) is 2. The first-order chi connectivity index (χ1) is 8.74. The molecule has 18 heavy (non-hydrogen) atoms. The molecule has 1 aromatic rings. The molecule has 3 rings (SSSR count). The Morgan fingerprint density at radius 1 is 1.50 bits per heavy atom. The highest BCUT2D eigenvalue weighted by atomic mass is 32.2. The van der Waals surface area contributed by atoms with Gasteiger partial charge in [-0.25, -0.2) is 9.78 Å². The maximum Gasteiger partial charge on any atom is 0.339 e. The summed E-state index contributed by atoms with van der Waals surface area (Å²) in [7, 11) is 0. The highest BCUT2D eigenvalue weighted by Gasteiger charge is 2.23. The Morgan fingerprint density at radius 3 is 3.11 bits per heavy atom. The summed E-state index contributed by atoms with van der Waals surface area (Å²) in [4.78, 5) is 15.8. The van der Waals surface area contributed by atoms with Gasteiger partial charge in [0, 0.05) is 17.5 Å². The van der Waals surface area contributed by atoms with Crippen molar-refractivity contribution in [3.63, 3.8) is 0 Å². The van der Waals surface area contributed by atoms with E-state index in [2.05, 4.69) is 10.3 Å². The molecule has 1 aromatic heterocycles. The Kier molecular flexibility index (Phi) is 3.16. The second-order valence-corrected chi connectivity index (χ2v) is 6.00. The Labute approximate surface area is 110 Å². The number of anilines is 1. The number of thioether (sulfide) groups is 1. The molecule has 0 aromatic carbocycles. The molecule has 1 fully saturated rings. The van der Waals surface area contributed by atoms with E-state index in [1.165, 1.54) is 0 Å². The molecule has 1 unspecified atom stereocenters. The molecule has 1 aliphatic heterocycles. The topological polar surface area (TPSA) is 62.2 Å². The first-order valence-electron chi connectivity index (χ1n) is 6.34. The van der Waals surface area contributed by atoms with Gasteiger partial charge in [0.25, 0.3) is 0 Å². The number of fused-ring (bicyclic) bond motifs is 1. The van der Waals surface area contributed by atoms with Gasteiger partial charge in [-0.1, -0.05) is 0 Å². The van der Waals surface area contributed by atoms with Crippen LogP contribution in [0.3, 0.4) is 0 Å². The van der Waals surface area contributed by atoms with Crippen molar-refractivity contribution in [3.8, 4) is 0 Å². The monoisotopic (exact) mass is 264 g/mol. The quantitative estimate of drug-likeness (QED) is 0.876. The van der Waals surface area contributed by atoms with Gasteiger partial charge in [0.15, 0.2) is 0 Å². The summed E-state index contributed by atoms with van der Waals surface area (Å²) in [5.41, 5.74) is 2.51. The first-order valence-corrected chi connectivity index (χ1v) is 7.50. The van der Waals surface area contributed by atoms with Crippen LogP contribution in [0.4, 0.5) is 5.82 Å². The lowest BCUT2D eigenvalue weighted by Crippen LogP contribution is -2.21. The molecule has 1 saturated heterocycles. The number of carboxylic acids is 1. The molecule has 4 nitrogen and oxygen atoms in total. The average Bonchev–Trinajstić information content (AvgIpc) is 2.97. The second-order valence-electron chi connectivity index (χ2n) is 4.85. The third-order valence-corrected chi connectivity index (χ3v) is 4.71. The number of aromatic carboxylic acids is 1. The van der Waals surface area contributed by atoms with Crippen LogP contribution in [0.15, 0.2) is 6.07 Å². The van der Waals surface area contributed by atoms with E-state index in [-0.39, 0.29) is 0 Å².